The molecule has 0 aliphatic carbocycles. The molecule has 2 fully saturated rings. The highest BCUT2D eigenvalue weighted by molar-refractivity contribution is 7.91. The molecule has 1 N–H and O–H groups in total. The number of nitrogens with zero attached hydrogens (tertiary/aromatic N) is 2. The van der Waals surface area contributed by atoms with E-state index in [2.05, 4.69) is 24.1 Å². The lowest BCUT2D eigenvalue weighted by atomic mass is 10.00. The number of hydrogen-bond acceptors (Lipinski definition) is 5. The van der Waals surface area contributed by atoms with E-state index in [0.29, 0.717) is 13.0 Å². The summed E-state index contributed by atoms with van der Waals surface area (Å²) < 4.78 is 23.0. The van der Waals surface area contributed by atoms with Crippen LogP contribution in [0.4, 0.5) is 0 Å². The molecular weight excluding hydrogens is 278 g/mol. The van der Waals surface area contributed by atoms with E-state index in [0.717, 1.165) is 19.6 Å². The number of likely N-dealkylation sites (N-methyl/N-ethyl adjacent to an activating group) is 1. The van der Waals surface area contributed by atoms with Crippen LogP contribution in [0, 0.1) is 0 Å². The second-order valence-electron chi connectivity index (χ2n) is 6.47. The van der Waals surface area contributed by atoms with Crippen LogP contribution in [0.3, 0.4) is 0 Å². The van der Waals surface area contributed by atoms with Gasteiger partial charge in [0.05, 0.1) is 18.1 Å². The average Bonchev–Trinajstić information content (AvgIpc) is 2.71. The topological polar surface area (TPSA) is 69.7 Å². The second-order valence-corrected chi connectivity index (χ2v) is 8.70. The van der Waals surface area contributed by atoms with E-state index in [9.17, 15) is 13.2 Å². The van der Waals surface area contributed by atoms with Crippen LogP contribution in [0.1, 0.15) is 20.3 Å². The largest absolute Gasteiger partial charge is 0.341 e. The number of carbonyl (C=O) groups excluding carboxylic acids is 1. The van der Waals surface area contributed by atoms with E-state index in [4.69, 9.17) is 0 Å². The standard InChI is InChI=1S/C13H25N3O3S/c1-13(2)10-14-5-6-16(13)8-12(17)15(3)11-4-7-20(18,19)9-11/h11,14H,4-10H2,1-3H3. The fraction of sp³-hybridized carbons (Fsp3) is 0.923. The van der Waals surface area contributed by atoms with Crippen molar-refractivity contribution in [3.63, 3.8) is 0 Å². The third kappa shape index (κ3) is 3.51. The van der Waals surface area contributed by atoms with Gasteiger partial charge in [0.2, 0.25) is 5.91 Å². The smallest absolute Gasteiger partial charge is 0.236 e. The predicted octanol–water partition coefficient (Wildman–Crippen LogP) is -0.684. The fourth-order valence-corrected chi connectivity index (χ4v) is 4.65. The Morgan fingerprint density at radius 2 is 2.15 bits per heavy atom. The SMILES string of the molecule is CN(C(=O)CN1CCNCC1(C)C)C1CCS(=O)(=O)C1. The van der Waals surface area contributed by atoms with Gasteiger partial charge in [-0.3, -0.25) is 9.69 Å². The Balaban J connectivity index is 1.94. The summed E-state index contributed by atoms with van der Waals surface area (Å²) in [5, 5.41) is 3.33. The highest BCUT2D eigenvalue weighted by Gasteiger charge is 2.35. The van der Waals surface area contributed by atoms with Crippen molar-refractivity contribution in [1.29, 1.82) is 0 Å². The van der Waals surface area contributed by atoms with Crippen molar-refractivity contribution in [3.8, 4) is 0 Å². The van der Waals surface area contributed by atoms with E-state index in [1.807, 2.05) is 0 Å². The molecule has 1 unspecified atom stereocenters. The Labute approximate surface area is 121 Å². The minimum atomic E-state index is -2.95. The van der Waals surface area contributed by atoms with Crippen molar-refractivity contribution in [1.82, 2.24) is 15.1 Å². The molecule has 0 spiro atoms. The van der Waals surface area contributed by atoms with Crippen LogP contribution in [-0.2, 0) is 14.6 Å². The van der Waals surface area contributed by atoms with E-state index in [1.54, 1.807) is 11.9 Å². The van der Waals surface area contributed by atoms with Crippen LogP contribution in [0.15, 0.2) is 0 Å². The number of nitrogens with one attached hydrogen (secondary N) is 1. The third-order valence-corrected chi connectivity index (χ3v) is 6.20. The lowest BCUT2D eigenvalue weighted by Crippen LogP contribution is -2.60. The molecule has 2 aliphatic heterocycles. The normalized spacial score (nSPS) is 29.2. The maximum absolute atomic E-state index is 12.4. The molecule has 0 aromatic heterocycles. The summed E-state index contributed by atoms with van der Waals surface area (Å²) in [4.78, 5) is 16.2. The molecule has 1 amide bonds. The Kier molecular flexibility index (Phi) is 4.41. The summed E-state index contributed by atoms with van der Waals surface area (Å²) >= 11 is 0. The Morgan fingerprint density at radius 3 is 2.70 bits per heavy atom. The summed E-state index contributed by atoms with van der Waals surface area (Å²) in [7, 11) is -1.22. The molecule has 0 bridgehead atoms. The van der Waals surface area contributed by atoms with E-state index in [-0.39, 0.29) is 29.0 Å². The van der Waals surface area contributed by atoms with Crippen molar-refractivity contribution in [3.05, 3.63) is 0 Å². The first-order valence-corrected chi connectivity index (χ1v) is 8.95. The molecule has 0 radical (unpaired) electrons. The van der Waals surface area contributed by atoms with Gasteiger partial charge >= 0.3 is 0 Å². The average molecular weight is 303 g/mol. The fourth-order valence-electron chi connectivity index (χ4n) is 2.88. The molecule has 2 saturated heterocycles. The maximum atomic E-state index is 12.4. The van der Waals surface area contributed by atoms with Gasteiger partial charge in [0.25, 0.3) is 0 Å². The zero-order chi connectivity index (χ0) is 15.0. The quantitative estimate of drug-likeness (QED) is 0.748. The maximum Gasteiger partial charge on any atom is 0.236 e. The molecule has 20 heavy (non-hydrogen) atoms. The van der Waals surface area contributed by atoms with Crippen LogP contribution in [0.25, 0.3) is 0 Å². The number of sulfone groups is 1. The van der Waals surface area contributed by atoms with E-state index in [1.165, 1.54) is 0 Å². The van der Waals surface area contributed by atoms with Crippen LogP contribution in [0.5, 0.6) is 0 Å². The van der Waals surface area contributed by atoms with Crippen LogP contribution in [-0.4, -0.2) is 80.4 Å². The molecule has 2 aliphatic rings. The van der Waals surface area contributed by atoms with Gasteiger partial charge in [-0.25, -0.2) is 8.42 Å². The van der Waals surface area contributed by atoms with E-state index < -0.39 is 9.84 Å². The van der Waals surface area contributed by atoms with Crippen LogP contribution < -0.4 is 5.32 Å². The zero-order valence-electron chi connectivity index (χ0n) is 12.6. The van der Waals surface area contributed by atoms with Crippen molar-refractivity contribution in [2.24, 2.45) is 0 Å². The van der Waals surface area contributed by atoms with Crippen LogP contribution >= 0.6 is 0 Å². The van der Waals surface area contributed by atoms with Crippen molar-refractivity contribution < 1.29 is 13.2 Å². The highest BCUT2D eigenvalue weighted by Crippen LogP contribution is 2.19. The number of rotatable bonds is 3. The molecule has 7 heteroatoms. The summed E-state index contributed by atoms with van der Waals surface area (Å²) in [5.41, 5.74) is -0.0451. The molecule has 2 rings (SSSR count). The number of amides is 1. The third-order valence-electron chi connectivity index (χ3n) is 4.45. The monoisotopic (exact) mass is 303 g/mol. The summed E-state index contributed by atoms with van der Waals surface area (Å²) in [6.07, 6.45) is 0.565. The first kappa shape index (κ1) is 15.7. The van der Waals surface area contributed by atoms with Gasteiger partial charge in [0.15, 0.2) is 9.84 Å². The Bertz CT molecular complexity index is 475. The van der Waals surface area contributed by atoms with Gasteiger partial charge in [-0.15, -0.1) is 0 Å². The number of hydrogen-bond donors (Lipinski definition) is 1. The molecule has 0 saturated carbocycles. The van der Waals surface area contributed by atoms with Gasteiger partial charge in [0.1, 0.15) is 0 Å². The molecule has 116 valence electrons. The summed E-state index contributed by atoms with van der Waals surface area (Å²) in [5.74, 6) is 0.330. The molecule has 2 heterocycles. The minimum absolute atomic E-state index is 0.0158. The molecular formula is C13H25N3O3S. The van der Waals surface area contributed by atoms with Gasteiger partial charge in [-0.05, 0) is 20.3 Å². The highest BCUT2D eigenvalue weighted by atomic mass is 32.2. The Morgan fingerprint density at radius 1 is 1.45 bits per heavy atom. The van der Waals surface area contributed by atoms with Gasteiger partial charge in [0, 0.05) is 38.3 Å². The number of carbonyl (C=O) groups is 1. The van der Waals surface area contributed by atoms with Crippen molar-refractivity contribution >= 4 is 15.7 Å². The Hall–Kier alpha value is -0.660. The second kappa shape index (κ2) is 5.61. The zero-order valence-corrected chi connectivity index (χ0v) is 13.4. The lowest BCUT2D eigenvalue weighted by Gasteiger charge is -2.43. The van der Waals surface area contributed by atoms with Gasteiger partial charge < -0.3 is 10.2 Å². The van der Waals surface area contributed by atoms with Crippen molar-refractivity contribution in [2.75, 3.05) is 44.7 Å². The molecule has 0 aromatic carbocycles. The minimum Gasteiger partial charge on any atom is -0.341 e. The first-order chi connectivity index (χ1) is 9.21. The number of piperazine rings is 1. The van der Waals surface area contributed by atoms with Gasteiger partial charge in [-0.1, -0.05) is 0 Å². The molecule has 0 aromatic rings. The first-order valence-electron chi connectivity index (χ1n) is 7.13. The van der Waals surface area contributed by atoms with Crippen molar-refractivity contribution in [2.45, 2.75) is 31.8 Å². The summed E-state index contributed by atoms with van der Waals surface area (Å²) in [6, 6.07) is -0.154. The molecule has 1 atom stereocenters. The van der Waals surface area contributed by atoms with E-state index >= 15 is 0 Å². The predicted molar refractivity (Wildman–Crippen MR) is 78.4 cm³/mol. The lowest BCUT2D eigenvalue weighted by molar-refractivity contribution is -0.134. The van der Waals surface area contributed by atoms with Gasteiger partial charge in [-0.2, -0.15) is 0 Å². The summed E-state index contributed by atoms with van der Waals surface area (Å²) in [6.45, 7) is 7.19. The molecule has 6 nitrogen and oxygen atoms in total. The van der Waals surface area contributed by atoms with Crippen LogP contribution in [0.2, 0.25) is 0 Å².